The second-order valence-electron chi connectivity index (χ2n) is 5.97. The van der Waals surface area contributed by atoms with Gasteiger partial charge in [0.2, 0.25) is 0 Å². The fourth-order valence-electron chi connectivity index (χ4n) is 3.37. The second kappa shape index (κ2) is 5.54. The molecule has 1 N–H and O–H groups in total. The van der Waals surface area contributed by atoms with Crippen molar-refractivity contribution in [3.05, 3.63) is 65.6 Å². The first-order valence-corrected chi connectivity index (χ1v) is 7.85. The zero-order valence-electron chi connectivity index (χ0n) is 12.7. The minimum absolute atomic E-state index is 0.0830. The second-order valence-corrected chi connectivity index (χ2v) is 5.97. The number of para-hydroxylation sites is 1. The molecule has 0 atom stereocenters. The van der Waals surface area contributed by atoms with Crippen LogP contribution in [0.2, 0.25) is 0 Å². The Bertz CT molecular complexity index is 884. The van der Waals surface area contributed by atoms with Gasteiger partial charge in [-0.15, -0.1) is 0 Å². The van der Waals surface area contributed by atoms with Gasteiger partial charge >= 0.3 is 0 Å². The van der Waals surface area contributed by atoms with E-state index in [1.807, 2.05) is 24.3 Å². The van der Waals surface area contributed by atoms with Crippen molar-refractivity contribution in [2.24, 2.45) is 0 Å². The molecule has 0 saturated heterocycles. The van der Waals surface area contributed by atoms with Crippen molar-refractivity contribution in [1.29, 1.82) is 0 Å². The molecule has 4 heteroatoms. The Hall–Kier alpha value is -2.62. The van der Waals surface area contributed by atoms with Crippen LogP contribution in [0.5, 0.6) is 0 Å². The summed E-state index contributed by atoms with van der Waals surface area (Å²) in [5.41, 5.74) is 3.65. The maximum atomic E-state index is 13.4. The number of carbonyl (C=O) groups is 1. The van der Waals surface area contributed by atoms with Crippen molar-refractivity contribution in [2.45, 2.75) is 12.8 Å². The number of H-pyrrole nitrogens is 1. The summed E-state index contributed by atoms with van der Waals surface area (Å²) in [6, 6.07) is 12.6. The largest absolute Gasteiger partial charge is 0.364 e. The monoisotopic (exact) mass is 308 g/mol. The number of aromatic nitrogens is 1. The maximum absolute atomic E-state index is 13.4. The molecule has 116 valence electrons. The van der Waals surface area contributed by atoms with Crippen LogP contribution >= 0.6 is 0 Å². The van der Waals surface area contributed by atoms with E-state index in [1.165, 1.54) is 6.07 Å². The van der Waals surface area contributed by atoms with E-state index in [4.69, 9.17) is 0 Å². The zero-order valence-corrected chi connectivity index (χ0v) is 12.7. The lowest BCUT2D eigenvalue weighted by atomic mass is 10.0. The molecule has 3 aromatic rings. The fourth-order valence-corrected chi connectivity index (χ4v) is 3.37. The fraction of sp³-hybridized carbons (Fsp3) is 0.211. The van der Waals surface area contributed by atoms with Crippen molar-refractivity contribution >= 4 is 22.4 Å². The summed E-state index contributed by atoms with van der Waals surface area (Å²) < 4.78 is 13.4. The van der Waals surface area contributed by atoms with Gasteiger partial charge in [-0.1, -0.05) is 18.2 Å². The molecule has 0 radical (unpaired) electrons. The van der Waals surface area contributed by atoms with E-state index in [9.17, 15) is 9.18 Å². The lowest BCUT2D eigenvalue weighted by Crippen LogP contribution is -2.34. The molecule has 0 aliphatic carbocycles. The summed E-state index contributed by atoms with van der Waals surface area (Å²) in [7, 11) is 0. The van der Waals surface area contributed by atoms with E-state index >= 15 is 0 Å². The molecule has 2 heterocycles. The van der Waals surface area contributed by atoms with Gasteiger partial charge < -0.3 is 9.88 Å². The third-order valence-corrected chi connectivity index (χ3v) is 4.48. The van der Waals surface area contributed by atoms with Crippen molar-refractivity contribution < 1.29 is 9.18 Å². The van der Waals surface area contributed by atoms with E-state index < -0.39 is 0 Å². The number of fused-ring (bicyclic) bond motifs is 2. The Labute approximate surface area is 133 Å². The molecule has 0 spiro atoms. The van der Waals surface area contributed by atoms with Gasteiger partial charge in [0, 0.05) is 34.9 Å². The Morgan fingerprint density at radius 1 is 1.22 bits per heavy atom. The lowest BCUT2D eigenvalue weighted by molar-refractivity contribution is 0.1000. The molecule has 0 saturated carbocycles. The summed E-state index contributed by atoms with van der Waals surface area (Å²) in [5.74, 6) is -0.131. The third-order valence-electron chi connectivity index (χ3n) is 4.48. The summed E-state index contributed by atoms with van der Waals surface area (Å²) in [6.45, 7) is 1.15. The number of hydrogen-bond acceptors (Lipinski definition) is 2. The molecular weight excluding hydrogens is 291 g/mol. The zero-order chi connectivity index (χ0) is 15.8. The van der Waals surface area contributed by atoms with Crippen LogP contribution in [0.4, 0.5) is 10.1 Å². The first-order chi connectivity index (χ1) is 11.2. The molecule has 1 aliphatic heterocycles. The average molecular weight is 308 g/mol. The molecule has 1 aromatic heterocycles. The minimum atomic E-state index is -0.214. The molecule has 0 amide bonds. The third kappa shape index (κ3) is 2.50. The normalized spacial score (nSPS) is 14.0. The van der Waals surface area contributed by atoms with Crippen molar-refractivity contribution in [3.63, 3.8) is 0 Å². The number of ketones is 1. The number of anilines is 1. The number of halogens is 1. The Balaban J connectivity index is 1.63. The lowest BCUT2D eigenvalue weighted by Gasteiger charge is -2.30. The highest BCUT2D eigenvalue weighted by molar-refractivity contribution is 6.09. The van der Waals surface area contributed by atoms with Crippen molar-refractivity contribution in [3.8, 4) is 0 Å². The highest BCUT2D eigenvalue weighted by Gasteiger charge is 2.21. The molecule has 3 nitrogen and oxygen atoms in total. The van der Waals surface area contributed by atoms with E-state index in [-0.39, 0.29) is 11.6 Å². The highest BCUT2D eigenvalue weighted by atomic mass is 19.1. The number of Topliss-reactive ketones (excluding diaryl/α,β-unsaturated/α-hetero) is 1. The minimum Gasteiger partial charge on any atom is -0.364 e. The molecule has 2 aromatic carbocycles. The van der Waals surface area contributed by atoms with Crippen molar-refractivity contribution in [2.75, 3.05) is 18.0 Å². The quantitative estimate of drug-likeness (QED) is 0.744. The van der Waals surface area contributed by atoms with E-state index in [0.717, 1.165) is 47.1 Å². The van der Waals surface area contributed by atoms with E-state index in [2.05, 4.69) is 9.88 Å². The van der Waals surface area contributed by atoms with Gasteiger partial charge in [-0.3, -0.25) is 4.79 Å². The highest BCUT2D eigenvalue weighted by Crippen LogP contribution is 2.28. The smallest absolute Gasteiger partial charge is 0.184 e. The summed E-state index contributed by atoms with van der Waals surface area (Å²) in [4.78, 5) is 17.9. The number of nitrogens with zero attached hydrogens (tertiary/aromatic N) is 1. The molecule has 0 unspecified atom stereocenters. The van der Waals surface area contributed by atoms with Crippen LogP contribution in [0, 0.1) is 5.82 Å². The number of hydrogen-bond donors (Lipinski definition) is 1. The number of benzene rings is 2. The number of aryl methyl sites for hydroxylation is 1. The SMILES string of the molecule is O=C(CN1CCCc2cc(F)ccc21)c1c[nH]c2ccccc12. The Morgan fingerprint density at radius 2 is 2.09 bits per heavy atom. The Kier molecular flexibility index (Phi) is 3.37. The topological polar surface area (TPSA) is 36.1 Å². The van der Waals surface area contributed by atoms with Crippen molar-refractivity contribution in [1.82, 2.24) is 4.98 Å². The maximum Gasteiger partial charge on any atom is 0.184 e. The number of rotatable bonds is 3. The van der Waals surface area contributed by atoms with Gasteiger partial charge in [-0.05, 0) is 42.7 Å². The van der Waals surface area contributed by atoms with Gasteiger partial charge in [-0.25, -0.2) is 4.39 Å². The van der Waals surface area contributed by atoms with Gasteiger partial charge in [-0.2, -0.15) is 0 Å². The molecule has 0 bridgehead atoms. The Morgan fingerprint density at radius 3 is 3.00 bits per heavy atom. The molecular formula is C19H17FN2O. The number of aromatic amines is 1. The van der Waals surface area contributed by atoms with Crippen LogP contribution in [0.25, 0.3) is 10.9 Å². The van der Waals surface area contributed by atoms with Crippen LogP contribution < -0.4 is 4.90 Å². The molecule has 4 rings (SSSR count). The predicted octanol–water partition coefficient (Wildman–Crippen LogP) is 3.94. The van der Waals surface area contributed by atoms with Crippen LogP contribution in [0.15, 0.2) is 48.7 Å². The molecule has 1 aliphatic rings. The summed E-state index contributed by atoms with van der Waals surface area (Å²) in [5, 5.41) is 0.953. The van der Waals surface area contributed by atoms with Gasteiger partial charge in [0.05, 0.1) is 6.54 Å². The van der Waals surface area contributed by atoms with Gasteiger partial charge in [0.15, 0.2) is 5.78 Å². The first-order valence-electron chi connectivity index (χ1n) is 7.85. The summed E-state index contributed by atoms with van der Waals surface area (Å²) in [6.07, 6.45) is 3.59. The van der Waals surface area contributed by atoms with Crippen LogP contribution in [-0.2, 0) is 6.42 Å². The molecule has 23 heavy (non-hydrogen) atoms. The van der Waals surface area contributed by atoms with E-state index in [1.54, 1.807) is 18.3 Å². The summed E-state index contributed by atoms with van der Waals surface area (Å²) >= 11 is 0. The standard InChI is InChI=1S/C19H17FN2O/c20-14-7-8-18-13(10-14)4-3-9-22(18)12-19(23)16-11-21-17-6-2-1-5-15(16)17/h1-2,5-8,10-11,21H,3-4,9,12H2. The van der Waals surface area contributed by atoms with E-state index in [0.29, 0.717) is 6.54 Å². The number of nitrogens with one attached hydrogen (secondary N) is 1. The average Bonchev–Trinajstić information content (AvgIpc) is 2.99. The van der Waals surface area contributed by atoms with Crippen LogP contribution in [0.1, 0.15) is 22.3 Å². The molecule has 0 fully saturated rings. The first kappa shape index (κ1) is 14.0. The predicted molar refractivity (Wildman–Crippen MR) is 89.6 cm³/mol. The van der Waals surface area contributed by atoms with Gasteiger partial charge in [0.25, 0.3) is 0 Å². The number of carbonyl (C=O) groups excluding carboxylic acids is 1. The van der Waals surface area contributed by atoms with Crippen LogP contribution in [0.3, 0.4) is 0 Å². The van der Waals surface area contributed by atoms with Gasteiger partial charge in [0.1, 0.15) is 5.82 Å². The van der Waals surface area contributed by atoms with Crippen LogP contribution in [-0.4, -0.2) is 23.9 Å².